The van der Waals surface area contributed by atoms with Gasteiger partial charge in [0.1, 0.15) is 17.4 Å². The molecule has 2 rings (SSSR count). The summed E-state index contributed by atoms with van der Waals surface area (Å²) in [6, 6.07) is 7.76. The molecule has 2 aromatic rings. The molecule has 1 N–H and O–H groups in total. The lowest BCUT2D eigenvalue weighted by molar-refractivity contribution is 0.436. The summed E-state index contributed by atoms with van der Waals surface area (Å²) < 4.78 is 32.6. The molecule has 0 aliphatic carbocycles. The number of benzene rings is 1. The van der Waals surface area contributed by atoms with Crippen molar-refractivity contribution in [2.45, 2.75) is 32.2 Å². The summed E-state index contributed by atoms with van der Waals surface area (Å²) in [4.78, 5) is 0. The molecule has 1 atom stereocenters. The summed E-state index contributed by atoms with van der Waals surface area (Å²) in [7, 11) is 0. The highest BCUT2D eigenvalue weighted by atomic mass is 19.1. The van der Waals surface area contributed by atoms with Crippen molar-refractivity contribution in [2.75, 3.05) is 6.54 Å². The number of likely N-dealkylation sites (N-methyl/N-ethyl adjacent to an activating group) is 1. The van der Waals surface area contributed by atoms with E-state index < -0.39 is 11.6 Å². The third-order valence-electron chi connectivity index (χ3n) is 3.32. The van der Waals surface area contributed by atoms with Gasteiger partial charge in [-0.25, -0.2) is 8.78 Å². The van der Waals surface area contributed by atoms with Gasteiger partial charge in [0.2, 0.25) is 0 Å². The Bertz CT molecular complexity index is 505. The van der Waals surface area contributed by atoms with Crippen molar-refractivity contribution in [1.29, 1.82) is 0 Å². The van der Waals surface area contributed by atoms with E-state index in [0.29, 0.717) is 6.42 Å². The lowest BCUT2D eigenvalue weighted by atomic mass is 10.00. The Morgan fingerprint density at radius 1 is 1.15 bits per heavy atom. The van der Waals surface area contributed by atoms with Crippen LogP contribution in [0, 0.1) is 11.6 Å². The number of halogens is 2. The van der Waals surface area contributed by atoms with Gasteiger partial charge in [-0.1, -0.05) is 13.0 Å². The molecule has 108 valence electrons. The van der Waals surface area contributed by atoms with Gasteiger partial charge in [-0.15, -0.1) is 0 Å². The van der Waals surface area contributed by atoms with Crippen molar-refractivity contribution in [3.05, 3.63) is 59.6 Å². The monoisotopic (exact) mass is 279 g/mol. The topological polar surface area (TPSA) is 25.2 Å². The van der Waals surface area contributed by atoms with Crippen molar-refractivity contribution < 1.29 is 13.2 Å². The number of hydrogen-bond donors (Lipinski definition) is 1. The highest BCUT2D eigenvalue weighted by Gasteiger charge is 2.15. The standard InChI is InChI=1S/C16H19F2NO/c1-2-19-12(8-9-13-5-4-10-20-13)11-14-15(17)6-3-7-16(14)18/h3-7,10,12,19H,2,8-9,11H2,1H3. The minimum atomic E-state index is -0.481. The van der Waals surface area contributed by atoms with E-state index in [4.69, 9.17) is 4.42 Å². The quantitative estimate of drug-likeness (QED) is 0.835. The van der Waals surface area contributed by atoms with E-state index in [1.165, 1.54) is 18.2 Å². The fourth-order valence-electron chi connectivity index (χ4n) is 2.31. The van der Waals surface area contributed by atoms with Gasteiger partial charge in [-0.2, -0.15) is 0 Å². The molecule has 0 aliphatic rings. The van der Waals surface area contributed by atoms with Crippen molar-refractivity contribution in [3.8, 4) is 0 Å². The Kier molecular flexibility index (Phi) is 5.30. The van der Waals surface area contributed by atoms with E-state index in [1.54, 1.807) is 6.26 Å². The lowest BCUT2D eigenvalue weighted by Gasteiger charge is -2.18. The van der Waals surface area contributed by atoms with E-state index in [9.17, 15) is 8.78 Å². The molecule has 1 unspecified atom stereocenters. The van der Waals surface area contributed by atoms with Crippen LogP contribution in [-0.2, 0) is 12.8 Å². The van der Waals surface area contributed by atoms with Crippen molar-refractivity contribution in [3.63, 3.8) is 0 Å². The molecule has 1 aromatic carbocycles. The molecule has 20 heavy (non-hydrogen) atoms. The molecule has 0 amide bonds. The maximum atomic E-state index is 13.7. The van der Waals surface area contributed by atoms with Crippen LogP contribution in [0.25, 0.3) is 0 Å². The zero-order valence-electron chi connectivity index (χ0n) is 11.5. The van der Waals surface area contributed by atoms with Gasteiger partial charge < -0.3 is 9.73 Å². The molecule has 4 heteroatoms. The summed E-state index contributed by atoms with van der Waals surface area (Å²) >= 11 is 0. The third-order valence-corrected chi connectivity index (χ3v) is 3.32. The highest BCUT2D eigenvalue weighted by molar-refractivity contribution is 5.20. The fraction of sp³-hybridized carbons (Fsp3) is 0.375. The second kappa shape index (κ2) is 7.20. The lowest BCUT2D eigenvalue weighted by Crippen LogP contribution is -2.32. The Labute approximate surface area is 117 Å². The van der Waals surface area contributed by atoms with E-state index in [1.807, 2.05) is 19.1 Å². The van der Waals surface area contributed by atoms with Crippen LogP contribution >= 0.6 is 0 Å². The SMILES string of the molecule is CCNC(CCc1ccco1)Cc1c(F)cccc1F. The van der Waals surface area contributed by atoms with Crippen LogP contribution < -0.4 is 5.32 Å². The summed E-state index contributed by atoms with van der Waals surface area (Å²) in [5.41, 5.74) is 0.151. The van der Waals surface area contributed by atoms with Crippen molar-refractivity contribution >= 4 is 0 Å². The summed E-state index contributed by atoms with van der Waals surface area (Å²) in [6.45, 7) is 2.75. The van der Waals surface area contributed by atoms with Crippen LogP contribution in [0.5, 0.6) is 0 Å². The van der Waals surface area contributed by atoms with Crippen molar-refractivity contribution in [1.82, 2.24) is 5.32 Å². The van der Waals surface area contributed by atoms with Crippen LogP contribution in [0.2, 0.25) is 0 Å². The third kappa shape index (κ3) is 3.90. The van der Waals surface area contributed by atoms with Gasteiger partial charge >= 0.3 is 0 Å². The molecule has 0 saturated carbocycles. The minimum Gasteiger partial charge on any atom is -0.469 e. The first-order valence-corrected chi connectivity index (χ1v) is 6.89. The molecule has 1 heterocycles. The highest BCUT2D eigenvalue weighted by Crippen LogP contribution is 2.16. The summed E-state index contributed by atoms with van der Waals surface area (Å²) in [6.07, 6.45) is 3.50. The Balaban J connectivity index is 2.01. The van der Waals surface area contributed by atoms with E-state index in [0.717, 1.165) is 25.1 Å². The molecule has 0 aliphatic heterocycles. The largest absolute Gasteiger partial charge is 0.469 e. The van der Waals surface area contributed by atoms with Crippen molar-refractivity contribution in [2.24, 2.45) is 0 Å². The van der Waals surface area contributed by atoms with E-state index in [2.05, 4.69) is 5.32 Å². The summed E-state index contributed by atoms with van der Waals surface area (Å²) in [5, 5.41) is 3.27. The number of nitrogens with one attached hydrogen (secondary N) is 1. The normalized spacial score (nSPS) is 12.6. The van der Waals surface area contributed by atoms with Crippen LogP contribution in [0.4, 0.5) is 8.78 Å². The first-order chi connectivity index (χ1) is 9.70. The van der Waals surface area contributed by atoms with Gasteiger partial charge in [0.25, 0.3) is 0 Å². The molecule has 0 saturated heterocycles. The van der Waals surface area contributed by atoms with Gasteiger partial charge in [0.15, 0.2) is 0 Å². The van der Waals surface area contributed by atoms with Crippen LogP contribution in [0.1, 0.15) is 24.7 Å². The average Bonchev–Trinajstić information content (AvgIpc) is 2.93. The first-order valence-electron chi connectivity index (χ1n) is 6.89. The van der Waals surface area contributed by atoms with Gasteiger partial charge in [0.05, 0.1) is 6.26 Å². The van der Waals surface area contributed by atoms with Gasteiger partial charge in [-0.05, 0) is 43.7 Å². The minimum absolute atomic E-state index is 0.0245. The van der Waals surface area contributed by atoms with Crippen LogP contribution in [-0.4, -0.2) is 12.6 Å². The molecule has 1 aromatic heterocycles. The van der Waals surface area contributed by atoms with E-state index in [-0.39, 0.29) is 11.6 Å². The predicted octanol–water partition coefficient (Wildman–Crippen LogP) is 3.71. The summed E-state index contributed by atoms with van der Waals surface area (Å²) in [5.74, 6) is -0.0706. The Morgan fingerprint density at radius 2 is 1.90 bits per heavy atom. The second-order valence-electron chi connectivity index (χ2n) is 4.78. The smallest absolute Gasteiger partial charge is 0.129 e. The van der Waals surface area contributed by atoms with Gasteiger partial charge in [-0.3, -0.25) is 0 Å². The second-order valence-corrected chi connectivity index (χ2v) is 4.78. The van der Waals surface area contributed by atoms with Gasteiger partial charge in [0, 0.05) is 18.0 Å². The molecule has 2 nitrogen and oxygen atoms in total. The maximum absolute atomic E-state index is 13.7. The number of rotatable bonds is 7. The first kappa shape index (κ1) is 14.7. The van der Waals surface area contributed by atoms with Crippen LogP contribution in [0.3, 0.4) is 0 Å². The number of hydrogen-bond acceptors (Lipinski definition) is 2. The van der Waals surface area contributed by atoms with Crippen LogP contribution in [0.15, 0.2) is 41.0 Å². The number of furan rings is 1. The maximum Gasteiger partial charge on any atom is 0.129 e. The zero-order valence-corrected chi connectivity index (χ0v) is 11.5. The number of aryl methyl sites for hydroxylation is 1. The predicted molar refractivity (Wildman–Crippen MR) is 74.6 cm³/mol. The molecule has 0 fully saturated rings. The zero-order chi connectivity index (χ0) is 14.4. The average molecular weight is 279 g/mol. The van der Waals surface area contributed by atoms with E-state index >= 15 is 0 Å². The fourth-order valence-corrected chi connectivity index (χ4v) is 2.31. The Hall–Kier alpha value is -1.68. The molecule has 0 spiro atoms. The molecular formula is C16H19F2NO. The molecule has 0 radical (unpaired) electrons. The molecule has 0 bridgehead atoms. The molecular weight excluding hydrogens is 260 g/mol. The Morgan fingerprint density at radius 3 is 2.50 bits per heavy atom.